The highest BCUT2D eigenvalue weighted by molar-refractivity contribution is 6.74. The molecule has 0 aromatic carbocycles. The Labute approximate surface area is 123 Å². The van der Waals surface area contributed by atoms with Crippen molar-refractivity contribution >= 4 is 14.4 Å². The van der Waals surface area contributed by atoms with Crippen molar-refractivity contribution in [2.75, 3.05) is 26.3 Å². The minimum Gasteiger partial charge on any atom is -0.447 e. The molecule has 0 saturated carbocycles. The van der Waals surface area contributed by atoms with Crippen LogP contribution in [0.25, 0.3) is 0 Å². The zero-order valence-corrected chi connectivity index (χ0v) is 14.5. The van der Waals surface area contributed by atoms with Crippen LogP contribution in [0.2, 0.25) is 18.1 Å². The molecule has 1 aliphatic heterocycles. The summed E-state index contributed by atoms with van der Waals surface area (Å²) in [6.07, 6.45) is 1.78. The molecule has 1 saturated heterocycles. The van der Waals surface area contributed by atoms with Gasteiger partial charge in [0.25, 0.3) is 0 Å². The Balaban J connectivity index is 2.16. The molecule has 0 radical (unpaired) electrons. The Morgan fingerprint density at radius 1 is 1.35 bits per heavy atom. The summed E-state index contributed by atoms with van der Waals surface area (Å²) < 4.78 is 11.1. The molecule has 20 heavy (non-hydrogen) atoms. The lowest BCUT2D eigenvalue weighted by Gasteiger charge is -2.36. The fourth-order valence-corrected chi connectivity index (χ4v) is 2.86. The number of hydrogen-bond donors (Lipinski definition) is 2. The van der Waals surface area contributed by atoms with Gasteiger partial charge in [-0.05, 0) is 37.5 Å². The van der Waals surface area contributed by atoms with E-state index in [0.29, 0.717) is 13.2 Å². The Morgan fingerprint density at radius 3 is 2.60 bits per heavy atom. The Morgan fingerprint density at radius 2 is 2.05 bits per heavy atom. The Kier molecular flexibility index (Phi) is 6.48. The number of rotatable bonds is 5. The van der Waals surface area contributed by atoms with E-state index < -0.39 is 8.32 Å². The maximum atomic E-state index is 11.6. The second-order valence-electron chi connectivity index (χ2n) is 6.93. The van der Waals surface area contributed by atoms with Crippen LogP contribution in [0.15, 0.2) is 0 Å². The van der Waals surface area contributed by atoms with E-state index >= 15 is 0 Å². The molecule has 0 spiro atoms. The molecule has 0 aromatic rings. The summed E-state index contributed by atoms with van der Waals surface area (Å²) in [5, 5.41) is 6.32. The van der Waals surface area contributed by atoms with Gasteiger partial charge < -0.3 is 19.8 Å². The van der Waals surface area contributed by atoms with E-state index in [9.17, 15) is 4.79 Å². The van der Waals surface area contributed by atoms with Gasteiger partial charge in [-0.2, -0.15) is 0 Å². The number of piperidine rings is 1. The van der Waals surface area contributed by atoms with Gasteiger partial charge in [0.1, 0.15) is 6.61 Å². The van der Waals surface area contributed by atoms with E-state index in [1.807, 2.05) is 0 Å². The van der Waals surface area contributed by atoms with E-state index in [0.717, 1.165) is 25.9 Å². The van der Waals surface area contributed by atoms with Gasteiger partial charge in [0.05, 0.1) is 6.61 Å². The lowest BCUT2D eigenvalue weighted by Crippen LogP contribution is -2.46. The number of nitrogens with one attached hydrogen (secondary N) is 2. The topological polar surface area (TPSA) is 59.6 Å². The molecule has 0 bridgehead atoms. The average molecular weight is 302 g/mol. The molecule has 1 rings (SSSR count). The first kappa shape index (κ1) is 17.5. The third kappa shape index (κ3) is 5.81. The van der Waals surface area contributed by atoms with Crippen LogP contribution in [-0.2, 0) is 9.16 Å². The van der Waals surface area contributed by atoms with E-state index in [1.165, 1.54) is 0 Å². The van der Waals surface area contributed by atoms with Crippen LogP contribution < -0.4 is 10.6 Å². The highest BCUT2D eigenvalue weighted by Gasteiger charge is 2.36. The largest absolute Gasteiger partial charge is 0.447 e. The number of alkyl carbamates (subject to hydrolysis) is 1. The molecule has 2 N–H and O–H groups in total. The summed E-state index contributed by atoms with van der Waals surface area (Å²) in [5.74, 6) is 0. The van der Waals surface area contributed by atoms with Crippen molar-refractivity contribution in [3.05, 3.63) is 0 Å². The van der Waals surface area contributed by atoms with Crippen LogP contribution in [0.4, 0.5) is 4.79 Å². The minimum atomic E-state index is -1.74. The summed E-state index contributed by atoms with van der Waals surface area (Å²) in [6, 6.07) is 0.192. The minimum absolute atomic E-state index is 0.184. The fraction of sp³-hybridized carbons (Fsp3) is 0.929. The summed E-state index contributed by atoms with van der Waals surface area (Å²) in [7, 11) is -1.74. The maximum absolute atomic E-state index is 11.6. The van der Waals surface area contributed by atoms with Crippen LogP contribution in [-0.4, -0.2) is 46.8 Å². The molecule has 1 heterocycles. The van der Waals surface area contributed by atoms with Crippen LogP contribution in [0.3, 0.4) is 0 Å². The van der Waals surface area contributed by atoms with Crippen molar-refractivity contribution in [1.29, 1.82) is 0 Å². The second-order valence-corrected chi connectivity index (χ2v) is 11.7. The Bertz CT molecular complexity index is 310. The molecular formula is C14H30N2O3Si. The van der Waals surface area contributed by atoms with Crippen molar-refractivity contribution in [2.24, 2.45) is 0 Å². The molecule has 1 aliphatic rings. The maximum Gasteiger partial charge on any atom is 0.407 e. The highest BCUT2D eigenvalue weighted by Crippen LogP contribution is 2.36. The van der Waals surface area contributed by atoms with E-state index in [4.69, 9.17) is 9.16 Å². The van der Waals surface area contributed by atoms with E-state index in [1.54, 1.807) is 0 Å². The molecule has 6 heteroatoms. The van der Waals surface area contributed by atoms with Gasteiger partial charge >= 0.3 is 6.09 Å². The molecule has 118 valence electrons. The van der Waals surface area contributed by atoms with Crippen LogP contribution in [0.1, 0.15) is 33.6 Å². The first-order chi connectivity index (χ1) is 9.22. The number of hydrogen-bond acceptors (Lipinski definition) is 4. The molecule has 1 amide bonds. The van der Waals surface area contributed by atoms with Gasteiger partial charge in [0.2, 0.25) is 0 Å². The van der Waals surface area contributed by atoms with Crippen LogP contribution >= 0.6 is 0 Å². The summed E-state index contributed by atoms with van der Waals surface area (Å²) >= 11 is 0. The van der Waals surface area contributed by atoms with Crippen LogP contribution in [0, 0.1) is 0 Å². The predicted molar refractivity (Wildman–Crippen MR) is 83.5 cm³/mol. The number of carbonyl (C=O) groups is 1. The van der Waals surface area contributed by atoms with Gasteiger partial charge in [0.15, 0.2) is 8.32 Å². The smallest absolute Gasteiger partial charge is 0.407 e. The van der Waals surface area contributed by atoms with Gasteiger partial charge in [0, 0.05) is 12.6 Å². The lowest BCUT2D eigenvalue weighted by atomic mass is 10.1. The highest BCUT2D eigenvalue weighted by atomic mass is 28.4. The third-order valence-electron chi connectivity index (χ3n) is 4.20. The normalized spacial score (nSPS) is 20.6. The quantitative estimate of drug-likeness (QED) is 0.605. The number of amides is 1. The van der Waals surface area contributed by atoms with E-state index in [2.05, 4.69) is 44.5 Å². The first-order valence-electron chi connectivity index (χ1n) is 7.50. The van der Waals surface area contributed by atoms with Gasteiger partial charge in [-0.25, -0.2) is 4.79 Å². The zero-order valence-electron chi connectivity index (χ0n) is 13.5. The Hall–Kier alpha value is -0.593. The lowest BCUT2D eigenvalue weighted by molar-refractivity contribution is 0.117. The SMILES string of the molecule is CC(C)(C)[Si](C)(C)OCCOC(=O)NC1CCCNC1. The predicted octanol–water partition coefficient (Wildman–Crippen LogP) is 2.49. The molecule has 1 atom stereocenters. The summed E-state index contributed by atoms with van der Waals surface area (Å²) in [5.41, 5.74) is 0. The molecule has 1 fully saturated rings. The number of ether oxygens (including phenoxy) is 1. The van der Waals surface area contributed by atoms with Gasteiger partial charge in [-0.3, -0.25) is 0 Å². The summed E-state index contributed by atoms with van der Waals surface area (Å²) in [6.45, 7) is 13.6. The van der Waals surface area contributed by atoms with Crippen molar-refractivity contribution in [3.63, 3.8) is 0 Å². The van der Waals surface area contributed by atoms with Crippen LogP contribution in [0.5, 0.6) is 0 Å². The fourth-order valence-electron chi connectivity index (χ4n) is 1.83. The molecule has 0 aliphatic carbocycles. The van der Waals surface area contributed by atoms with Crippen molar-refractivity contribution in [2.45, 2.75) is 57.8 Å². The second kappa shape index (κ2) is 7.43. The van der Waals surface area contributed by atoms with Crippen molar-refractivity contribution in [1.82, 2.24) is 10.6 Å². The standard InChI is InChI=1S/C14H30N2O3Si/c1-14(2,3)20(4,5)19-10-9-18-13(17)16-12-7-6-8-15-11-12/h12,15H,6-11H2,1-5H3,(H,16,17). The monoisotopic (exact) mass is 302 g/mol. The van der Waals surface area contributed by atoms with E-state index in [-0.39, 0.29) is 17.2 Å². The molecular weight excluding hydrogens is 272 g/mol. The molecule has 1 unspecified atom stereocenters. The van der Waals surface area contributed by atoms with Crippen molar-refractivity contribution < 1.29 is 14.0 Å². The van der Waals surface area contributed by atoms with Crippen molar-refractivity contribution in [3.8, 4) is 0 Å². The average Bonchev–Trinajstić information content (AvgIpc) is 2.34. The molecule has 5 nitrogen and oxygen atoms in total. The summed E-state index contributed by atoms with van der Waals surface area (Å²) in [4.78, 5) is 11.6. The zero-order chi connectivity index (χ0) is 15.2. The molecule has 0 aromatic heterocycles. The number of carbonyl (C=O) groups excluding carboxylic acids is 1. The third-order valence-corrected chi connectivity index (χ3v) is 8.74. The van der Waals surface area contributed by atoms with Gasteiger partial charge in [-0.15, -0.1) is 0 Å². The van der Waals surface area contributed by atoms with Gasteiger partial charge in [-0.1, -0.05) is 20.8 Å². The first-order valence-corrected chi connectivity index (χ1v) is 10.4.